The Morgan fingerprint density at radius 1 is 1.05 bits per heavy atom. The lowest BCUT2D eigenvalue weighted by Gasteiger charge is -2.42. The number of terminal acetylenes is 1. The SMILES string of the molecule is C#Cc1c(F)ccc2cc(O)cc(-c3c(F)c4nc(OC[C@]5(CN6CCC(=C(F)F)C6)CC5(F)F)nc(N5C6CCC5CN(CCCOC)C6)c4c4cn(C)nc34)c12. The van der Waals surface area contributed by atoms with Crippen molar-refractivity contribution in [1.82, 2.24) is 29.5 Å². The van der Waals surface area contributed by atoms with Crippen molar-refractivity contribution < 1.29 is 40.9 Å². The summed E-state index contributed by atoms with van der Waals surface area (Å²) in [4.78, 5) is 15.6. The van der Waals surface area contributed by atoms with Crippen molar-refractivity contribution in [3.63, 3.8) is 0 Å². The molecular weight excluding hydrogens is 764 g/mol. The predicted octanol–water partition coefficient (Wildman–Crippen LogP) is 7.25. The fraction of sp³-hybridized carbons (Fsp3) is 0.452. The van der Waals surface area contributed by atoms with Gasteiger partial charge in [-0.15, -0.1) is 6.42 Å². The topological polar surface area (TPSA) is 92.0 Å². The highest BCUT2D eigenvalue weighted by Gasteiger charge is 2.72. The maximum absolute atomic E-state index is 17.8. The van der Waals surface area contributed by atoms with Gasteiger partial charge in [0, 0.05) is 107 Å². The number of rotatable bonds is 11. The minimum absolute atomic E-state index is 0.0229. The van der Waals surface area contributed by atoms with Gasteiger partial charge in [-0.25, -0.2) is 17.6 Å². The fourth-order valence-corrected chi connectivity index (χ4v) is 9.52. The second kappa shape index (κ2) is 14.3. The molecule has 2 unspecified atom stereocenters. The Labute approximate surface area is 330 Å². The zero-order valence-corrected chi connectivity index (χ0v) is 32.0. The molecule has 9 rings (SSSR count). The van der Waals surface area contributed by atoms with E-state index in [0.29, 0.717) is 41.7 Å². The predicted molar refractivity (Wildman–Crippen MR) is 206 cm³/mol. The Morgan fingerprint density at radius 3 is 2.48 bits per heavy atom. The van der Waals surface area contributed by atoms with Gasteiger partial charge in [0.25, 0.3) is 12.0 Å². The molecule has 0 radical (unpaired) electrons. The molecule has 58 heavy (non-hydrogen) atoms. The average molecular weight is 806 g/mol. The number of phenolic OH excluding ortho intramolecular Hbond substituents is 1. The van der Waals surface area contributed by atoms with Crippen molar-refractivity contribution in [2.75, 3.05) is 64.5 Å². The van der Waals surface area contributed by atoms with Crippen molar-refractivity contribution in [2.24, 2.45) is 12.5 Å². The maximum Gasteiger partial charge on any atom is 0.319 e. The van der Waals surface area contributed by atoms with Gasteiger partial charge in [-0.05, 0) is 54.8 Å². The summed E-state index contributed by atoms with van der Waals surface area (Å²) in [6, 6.07) is 4.95. The highest BCUT2D eigenvalue weighted by Crippen LogP contribution is 2.61. The van der Waals surface area contributed by atoms with Crippen LogP contribution in [0.4, 0.5) is 32.2 Å². The number of likely N-dealkylation sites (tertiary alicyclic amines) is 2. The minimum atomic E-state index is -3.13. The van der Waals surface area contributed by atoms with Gasteiger partial charge < -0.3 is 19.5 Å². The van der Waals surface area contributed by atoms with Crippen LogP contribution < -0.4 is 9.64 Å². The van der Waals surface area contributed by atoms with Gasteiger partial charge in [0.2, 0.25) is 0 Å². The van der Waals surface area contributed by atoms with E-state index >= 15 is 17.6 Å². The van der Waals surface area contributed by atoms with E-state index in [1.54, 1.807) is 25.3 Å². The van der Waals surface area contributed by atoms with E-state index < -0.39 is 42.1 Å². The smallest absolute Gasteiger partial charge is 0.319 e. The number of piperazine rings is 1. The van der Waals surface area contributed by atoms with Gasteiger partial charge >= 0.3 is 6.01 Å². The molecule has 3 aromatic carbocycles. The minimum Gasteiger partial charge on any atom is -0.508 e. The molecule has 4 aliphatic rings. The number of anilines is 1. The van der Waals surface area contributed by atoms with E-state index in [-0.39, 0.29) is 88.6 Å². The molecule has 10 nitrogen and oxygen atoms in total. The van der Waals surface area contributed by atoms with Gasteiger partial charge in [0.15, 0.2) is 5.82 Å². The molecule has 4 fully saturated rings. The van der Waals surface area contributed by atoms with E-state index in [4.69, 9.17) is 20.9 Å². The molecule has 1 saturated carbocycles. The lowest BCUT2D eigenvalue weighted by atomic mass is 9.91. The number of hydrogen-bond donors (Lipinski definition) is 1. The van der Waals surface area contributed by atoms with E-state index in [9.17, 15) is 13.9 Å². The first-order valence-corrected chi connectivity index (χ1v) is 19.4. The number of halogens is 6. The molecule has 5 heterocycles. The van der Waals surface area contributed by atoms with Crippen LogP contribution in [0.25, 0.3) is 43.7 Å². The molecular formula is C42H41F6N7O3. The third kappa shape index (κ3) is 6.38. The summed E-state index contributed by atoms with van der Waals surface area (Å²) < 4.78 is 103. The molecule has 0 amide bonds. The Kier molecular flexibility index (Phi) is 9.48. The number of ether oxygens (including phenoxy) is 2. The summed E-state index contributed by atoms with van der Waals surface area (Å²) in [5.41, 5.74) is -1.90. The maximum atomic E-state index is 17.8. The third-order valence-electron chi connectivity index (χ3n) is 12.3. The highest BCUT2D eigenvalue weighted by atomic mass is 19.3. The summed E-state index contributed by atoms with van der Waals surface area (Å²) in [6.07, 6.45) is 7.82. The normalized spacial score (nSPS) is 23.1. The second-order valence-electron chi connectivity index (χ2n) is 16.1. The molecule has 3 aliphatic heterocycles. The summed E-state index contributed by atoms with van der Waals surface area (Å²) >= 11 is 0. The summed E-state index contributed by atoms with van der Waals surface area (Å²) in [5, 5.41) is 16.9. The summed E-state index contributed by atoms with van der Waals surface area (Å²) in [7, 11) is 3.34. The molecule has 5 aromatic rings. The molecule has 0 spiro atoms. The van der Waals surface area contributed by atoms with Gasteiger partial charge in [-0.3, -0.25) is 14.5 Å². The number of phenols is 1. The molecule has 304 valence electrons. The lowest BCUT2D eigenvalue weighted by molar-refractivity contribution is 0.0257. The Hall–Kier alpha value is -5.11. The number of nitrogens with zero attached hydrogens (tertiary/aromatic N) is 7. The average Bonchev–Trinajstić information content (AvgIpc) is 3.59. The van der Waals surface area contributed by atoms with Crippen molar-refractivity contribution in [3.8, 4) is 35.2 Å². The van der Waals surface area contributed by atoms with Crippen LogP contribution in [0, 0.1) is 29.4 Å². The molecule has 3 saturated heterocycles. The van der Waals surface area contributed by atoms with Crippen LogP contribution in [-0.4, -0.2) is 112 Å². The summed E-state index contributed by atoms with van der Waals surface area (Å²) in [5.74, 6) is -2.20. The molecule has 1 N–H and O–H groups in total. The molecule has 1 aliphatic carbocycles. The number of benzene rings is 3. The van der Waals surface area contributed by atoms with E-state index in [0.717, 1.165) is 25.8 Å². The number of aromatic hydroxyl groups is 1. The van der Waals surface area contributed by atoms with Crippen LogP contribution in [0.1, 0.15) is 37.7 Å². The monoisotopic (exact) mass is 805 g/mol. The Bertz CT molecular complexity index is 2540. The van der Waals surface area contributed by atoms with Crippen molar-refractivity contribution in [3.05, 3.63) is 59.3 Å². The summed E-state index contributed by atoms with van der Waals surface area (Å²) in [6.45, 7) is 2.25. The highest BCUT2D eigenvalue weighted by molar-refractivity contribution is 6.18. The second-order valence-corrected chi connectivity index (χ2v) is 16.1. The van der Waals surface area contributed by atoms with Crippen LogP contribution in [-0.2, 0) is 11.8 Å². The number of methoxy groups -OCH3 is 1. The van der Waals surface area contributed by atoms with Gasteiger partial charge in [-0.1, -0.05) is 12.0 Å². The van der Waals surface area contributed by atoms with Gasteiger partial charge in [0.05, 0.1) is 16.4 Å². The van der Waals surface area contributed by atoms with E-state index in [1.165, 1.54) is 28.9 Å². The molecule has 2 aromatic heterocycles. The van der Waals surface area contributed by atoms with E-state index in [2.05, 4.69) is 25.8 Å². The number of hydrogen-bond acceptors (Lipinski definition) is 9. The van der Waals surface area contributed by atoms with Gasteiger partial charge in [0.1, 0.15) is 35.0 Å². The Morgan fingerprint density at radius 2 is 1.81 bits per heavy atom. The molecule has 2 bridgehead atoms. The zero-order valence-electron chi connectivity index (χ0n) is 32.0. The van der Waals surface area contributed by atoms with Gasteiger partial charge in [-0.2, -0.15) is 23.8 Å². The lowest BCUT2D eigenvalue weighted by Crippen LogP contribution is -2.54. The van der Waals surface area contributed by atoms with Crippen molar-refractivity contribution in [1.29, 1.82) is 0 Å². The quantitative estimate of drug-likeness (QED) is 0.0843. The number of fused-ring (bicyclic) bond motifs is 6. The fourth-order valence-electron chi connectivity index (χ4n) is 9.52. The van der Waals surface area contributed by atoms with Crippen LogP contribution in [0.2, 0.25) is 0 Å². The van der Waals surface area contributed by atoms with Crippen molar-refractivity contribution >= 4 is 38.4 Å². The third-order valence-corrected chi connectivity index (χ3v) is 12.3. The number of aryl methyl sites for hydroxylation is 1. The first kappa shape index (κ1) is 38.4. The Balaban J connectivity index is 1.21. The first-order chi connectivity index (χ1) is 27.8. The van der Waals surface area contributed by atoms with Crippen molar-refractivity contribution in [2.45, 2.75) is 50.1 Å². The first-order valence-electron chi connectivity index (χ1n) is 19.4. The zero-order chi connectivity index (χ0) is 40.7. The van der Waals surface area contributed by atoms with Crippen LogP contribution in [0.15, 0.2) is 42.1 Å². The number of alkyl halides is 2. The standard InChI is InChI=1S/C42H41F6N7O3/c1-4-28-31(43)9-6-23-14-27(56)15-29(32(23)28)33-35(44)37-34(30-19-52(2)51-36(30)33)39(55-25-7-8-26(55)18-53(17-25)11-5-13-57-3)50-40(49-37)58-22-41(20-42(41,47)48)21-54-12-10-24(16-54)38(45)46/h1,6,9,14-15,19,25-26,56H,5,7-8,10-13,16-18,20-22H2,2-3H3/t25?,26?,41-/m1/s1. The number of aromatic nitrogens is 4. The van der Waals surface area contributed by atoms with E-state index in [1.807, 2.05) is 0 Å². The molecule has 16 heteroatoms. The van der Waals surface area contributed by atoms with Crippen LogP contribution in [0.3, 0.4) is 0 Å². The largest absolute Gasteiger partial charge is 0.508 e. The molecule has 3 atom stereocenters. The van der Waals surface area contributed by atoms with Crippen LogP contribution >= 0.6 is 0 Å². The van der Waals surface area contributed by atoms with Crippen LogP contribution in [0.5, 0.6) is 11.8 Å².